The number of hydrogen-bond donors (Lipinski definition) is 0. The lowest BCUT2D eigenvalue weighted by atomic mass is 10.2. The van der Waals surface area contributed by atoms with Crippen LogP contribution in [0.5, 0.6) is 0 Å². The van der Waals surface area contributed by atoms with E-state index in [2.05, 4.69) is 41.8 Å². The van der Waals surface area contributed by atoms with E-state index >= 15 is 0 Å². The van der Waals surface area contributed by atoms with Gasteiger partial charge in [0.25, 0.3) is 0 Å². The van der Waals surface area contributed by atoms with Crippen LogP contribution in [0.15, 0.2) is 53.5 Å². The average Bonchev–Trinajstić information content (AvgIpc) is 2.59. The van der Waals surface area contributed by atoms with Crippen LogP contribution in [0, 0.1) is 0 Å². The topological polar surface area (TPSA) is 51.1 Å². The largest absolute Gasteiger partial charge is 0.383 e. The van der Waals surface area contributed by atoms with E-state index in [1.165, 1.54) is 0 Å². The van der Waals surface area contributed by atoms with Crippen LogP contribution in [0.1, 0.15) is 5.56 Å². The molecule has 0 spiro atoms. The summed E-state index contributed by atoms with van der Waals surface area (Å²) in [6.07, 6.45) is 5.26. The molecular weight excluding hydrogens is 356 g/mol. The van der Waals surface area contributed by atoms with Crippen molar-refractivity contribution in [1.29, 1.82) is 0 Å². The van der Waals surface area contributed by atoms with Crippen LogP contribution in [-0.4, -0.2) is 35.2 Å². The number of methoxy groups -OCH3 is 1. The number of ether oxygens (including phenoxy) is 1. The van der Waals surface area contributed by atoms with Gasteiger partial charge in [-0.2, -0.15) is 0 Å². The summed E-state index contributed by atoms with van der Waals surface area (Å²) in [7, 11) is 1.71. The van der Waals surface area contributed by atoms with Gasteiger partial charge in [-0.15, -0.1) is 0 Å². The summed E-state index contributed by atoms with van der Waals surface area (Å²) in [4.78, 5) is 15.2. The molecule has 0 amide bonds. The third-order valence-electron chi connectivity index (χ3n) is 3.54. The van der Waals surface area contributed by atoms with Gasteiger partial charge < -0.3 is 9.64 Å². The molecule has 2 aromatic heterocycles. The number of aromatic nitrogens is 3. The number of rotatable bonds is 6. The van der Waals surface area contributed by atoms with Crippen LogP contribution in [0.2, 0.25) is 0 Å². The summed E-state index contributed by atoms with van der Waals surface area (Å²) in [6.45, 7) is 2.08. The second-order valence-electron chi connectivity index (χ2n) is 5.13. The highest BCUT2D eigenvalue weighted by Gasteiger charge is 2.13. The second-order valence-corrected chi connectivity index (χ2v) is 6.05. The molecule has 6 heteroatoms. The quantitative estimate of drug-likeness (QED) is 0.663. The minimum Gasteiger partial charge on any atom is -0.383 e. The second kappa shape index (κ2) is 7.48. The van der Waals surface area contributed by atoms with Crippen LogP contribution < -0.4 is 4.90 Å². The maximum Gasteiger partial charge on any atom is 0.140 e. The monoisotopic (exact) mass is 372 g/mol. The fraction of sp³-hybridized carbons (Fsp3) is 0.235. The molecule has 3 aromatic rings. The Kier molecular flexibility index (Phi) is 5.15. The smallest absolute Gasteiger partial charge is 0.140 e. The Bertz CT molecular complexity index is 782. The molecule has 0 saturated carbocycles. The molecule has 0 aliphatic heterocycles. The molecule has 1 aromatic carbocycles. The van der Waals surface area contributed by atoms with Gasteiger partial charge in [0.1, 0.15) is 12.1 Å². The van der Waals surface area contributed by atoms with Crippen molar-refractivity contribution in [3.63, 3.8) is 0 Å². The van der Waals surface area contributed by atoms with Crippen LogP contribution in [0.25, 0.3) is 10.9 Å². The first-order valence-corrected chi connectivity index (χ1v) is 8.10. The summed E-state index contributed by atoms with van der Waals surface area (Å²) in [5.41, 5.74) is 2.05. The standard InChI is InChI=1S/C17H17BrN4O/c1-23-8-7-22(11-13-3-2-6-19-10-13)17-15-9-14(18)4-5-16(15)20-12-21-17/h2-6,9-10,12H,7-8,11H2,1H3. The number of pyridine rings is 1. The molecule has 0 N–H and O–H groups in total. The Labute approximate surface area is 143 Å². The Morgan fingerprint density at radius 3 is 2.91 bits per heavy atom. The molecular formula is C17H17BrN4O. The summed E-state index contributed by atoms with van der Waals surface area (Å²) in [6, 6.07) is 10.0. The molecule has 0 aliphatic rings. The molecule has 2 heterocycles. The lowest BCUT2D eigenvalue weighted by molar-refractivity contribution is 0.205. The van der Waals surface area contributed by atoms with Crippen molar-refractivity contribution in [2.45, 2.75) is 6.54 Å². The van der Waals surface area contributed by atoms with E-state index in [4.69, 9.17) is 4.74 Å². The van der Waals surface area contributed by atoms with Gasteiger partial charge in [-0.05, 0) is 29.8 Å². The predicted octanol–water partition coefficient (Wildman–Crippen LogP) is 3.44. The number of anilines is 1. The first-order valence-electron chi connectivity index (χ1n) is 7.31. The molecule has 118 valence electrons. The van der Waals surface area contributed by atoms with Crippen molar-refractivity contribution < 1.29 is 4.74 Å². The Morgan fingerprint density at radius 1 is 1.22 bits per heavy atom. The van der Waals surface area contributed by atoms with Crippen molar-refractivity contribution in [3.05, 3.63) is 59.1 Å². The summed E-state index contributed by atoms with van der Waals surface area (Å²) >= 11 is 3.53. The lowest BCUT2D eigenvalue weighted by Crippen LogP contribution is -2.28. The molecule has 23 heavy (non-hydrogen) atoms. The number of nitrogens with zero attached hydrogens (tertiary/aromatic N) is 4. The molecule has 3 rings (SSSR count). The van der Waals surface area contributed by atoms with E-state index in [-0.39, 0.29) is 0 Å². The number of fused-ring (bicyclic) bond motifs is 1. The minimum absolute atomic E-state index is 0.625. The van der Waals surface area contributed by atoms with Gasteiger partial charge >= 0.3 is 0 Å². The lowest BCUT2D eigenvalue weighted by Gasteiger charge is -2.24. The Hall–Kier alpha value is -2.05. The molecule has 0 aliphatic carbocycles. The fourth-order valence-electron chi connectivity index (χ4n) is 2.44. The van der Waals surface area contributed by atoms with Crippen molar-refractivity contribution in [2.75, 3.05) is 25.2 Å². The van der Waals surface area contributed by atoms with Gasteiger partial charge in [0.2, 0.25) is 0 Å². The highest BCUT2D eigenvalue weighted by Crippen LogP contribution is 2.27. The fourth-order valence-corrected chi connectivity index (χ4v) is 2.80. The number of halogens is 1. The van der Waals surface area contributed by atoms with Crippen LogP contribution >= 0.6 is 15.9 Å². The molecule has 0 atom stereocenters. The molecule has 0 bridgehead atoms. The molecule has 0 fully saturated rings. The minimum atomic E-state index is 0.625. The Morgan fingerprint density at radius 2 is 2.13 bits per heavy atom. The third kappa shape index (κ3) is 3.83. The van der Waals surface area contributed by atoms with Crippen molar-refractivity contribution in [3.8, 4) is 0 Å². The molecule has 0 unspecified atom stereocenters. The van der Waals surface area contributed by atoms with Crippen LogP contribution in [0.3, 0.4) is 0 Å². The first kappa shape index (κ1) is 15.8. The van der Waals surface area contributed by atoms with Gasteiger partial charge in [-0.3, -0.25) is 4.98 Å². The highest BCUT2D eigenvalue weighted by atomic mass is 79.9. The SMILES string of the molecule is COCCN(Cc1cccnc1)c1ncnc2ccc(Br)cc12. The number of benzene rings is 1. The van der Waals surface area contributed by atoms with E-state index in [9.17, 15) is 0 Å². The van der Waals surface area contributed by atoms with Crippen LogP contribution in [0.4, 0.5) is 5.82 Å². The molecule has 5 nitrogen and oxygen atoms in total. The zero-order valence-electron chi connectivity index (χ0n) is 12.8. The summed E-state index contributed by atoms with van der Waals surface area (Å²) < 4.78 is 6.27. The molecule has 0 saturated heterocycles. The van der Waals surface area contributed by atoms with E-state index < -0.39 is 0 Å². The van der Waals surface area contributed by atoms with E-state index in [0.29, 0.717) is 6.61 Å². The van der Waals surface area contributed by atoms with E-state index in [1.54, 1.807) is 19.6 Å². The zero-order chi connectivity index (χ0) is 16.1. The van der Waals surface area contributed by atoms with Gasteiger partial charge in [0.15, 0.2) is 0 Å². The maximum atomic E-state index is 5.26. The third-order valence-corrected chi connectivity index (χ3v) is 4.03. The highest BCUT2D eigenvalue weighted by molar-refractivity contribution is 9.10. The van der Waals surface area contributed by atoms with E-state index in [0.717, 1.165) is 39.8 Å². The van der Waals surface area contributed by atoms with Gasteiger partial charge in [0, 0.05) is 42.5 Å². The average molecular weight is 373 g/mol. The van der Waals surface area contributed by atoms with Crippen molar-refractivity contribution in [1.82, 2.24) is 15.0 Å². The van der Waals surface area contributed by atoms with Gasteiger partial charge in [-0.1, -0.05) is 22.0 Å². The molecule has 0 radical (unpaired) electrons. The Balaban J connectivity index is 2.00. The van der Waals surface area contributed by atoms with Gasteiger partial charge in [0.05, 0.1) is 12.1 Å². The zero-order valence-corrected chi connectivity index (χ0v) is 14.4. The van der Waals surface area contributed by atoms with Gasteiger partial charge in [-0.25, -0.2) is 9.97 Å². The first-order chi connectivity index (χ1) is 11.3. The maximum absolute atomic E-state index is 5.26. The summed E-state index contributed by atoms with van der Waals surface area (Å²) in [5.74, 6) is 0.900. The predicted molar refractivity (Wildman–Crippen MR) is 94.4 cm³/mol. The number of hydrogen-bond acceptors (Lipinski definition) is 5. The van der Waals surface area contributed by atoms with E-state index in [1.807, 2.05) is 30.5 Å². The van der Waals surface area contributed by atoms with Crippen LogP contribution in [-0.2, 0) is 11.3 Å². The summed E-state index contributed by atoms with van der Waals surface area (Å²) in [5, 5.41) is 1.02. The normalized spacial score (nSPS) is 10.9. The van der Waals surface area contributed by atoms with Crippen molar-refractivity contribution >= 4 is 32.7 Å². The van der Waals surface area contributed by atoms with Crippen molar-refractivity contribution in [2.24, 2.45) is 0 Å².